The molecule has 0 radical (unpaired) electrons. The number of esters is 1. The van der Waals surface area contributed by atoms with Crippen LogP contribution in [0, 0.1) is 5.82 Å². The summed E-state index contributed by atoms with van der Waals surface area (Å²) in [5, 5.41) is 4.98. The number of carbonyl (C=O) groups excluding carboxylic acids is 3. The van der Waals surface area contributed by atoms with Gasteiger partial charge >= 0.3 is 12.0 Å². The van der Waals surface area contributed by atoms with Crippen molar-refractivity contribution in [2.75, 3.05) is 0 Å². The number of carbonyl (C=O) groups is 3. The average Bonchev–Trinajstić information content (AvgIpc) is 3.34. The topological polar surface area (TPSA) is 84.5 Å². The summed E-state index contributed by atoms with van der Waals surface area (Å²) in [7, 11) is 0. The maximum absolute atomic E-state index is 14.4. The molecule has 6 nitrogen and oxygen atoms in total. The van der Waals surface area contributed by atoms with Crippen molar-refractivity contribution in [2.24, 2.45) is 0 Å². The monoisotopic (exact) mass is 390 g/mol. The van der Waals surface area contributed by atoms with Crippen LogP contribution in [0.2, 0.25) is 0 Å². The van der Waals surface area contributed by atoms with Crippen molar-refractivity contribution in [3.8, 4) is 0 Å². The molecule has 1 aromatic rings. The zero-order chi connectivity index (χ0) is 20.1. The molecule has 0 aliphatic heterocycles. The van der Waals surface area contributed by atoms with Gasteiger partial charge in [0, 0.05) is 11.6 Å². The number of imide groups is 1. The number of ether oxygens (including phenoxy) is 1. The Balaban J connectivity index is 1.62. The van der Waals surface area contributed by atoms with Crippen LogP contribution in [0.4, 0.5) is 9.18 Å². The SMILES string of the molecule is C[C@H](OC(=O)C1(c2ccccc2F)CCCC1)C(=O)NC(=O)NC1CCCC1. The number of amides is 3. The van der Waals surface area contributed by atoms with Gasteiger partial charge in [-0.25, -0.2) is 9.18 Å². The first-order valence-corrected chi connectivity index (χ1v) is 10.00. The fourth-order valence-electron chi connectivity index (χ4n) is 4.24. The van der Waals surface area contributed by atoms with Crippen LogP contribution >= 0.6 is 0 Å². The molecule has 7 heteroatoms. The van der Waals surface area contributed by atoms with Gasteiger partial charge in [0.05, 0.1) is 5.41 Å². The summed E-state index contributed by atoms with van der Waals surface area (Å²) < 4.78 is 19.8. The van der Waals surface area contributed by atoms with E-state index in [1.54, 1.807) is 18.2 Å². The van der Waals surface area contributed by atoms with Crippen LogP contribution in [-0.4, -0.2) is 30.1 Å². The van der Waals surface area contributed by atoms with Crippen LogP contribution < -0.4 is 10.6 Å². The summed E-state index contributed by atoms with van der Waals surface area (Å²) in [4.78, 5) is 37.1. The van der Waals surface area contributed by atoms with Crippen molar-refractivity contribution in [3.63, 3.8) is 0 Å². The fourth-order valence-corrected chi connectivity index (χ4v) is 4.24. The van der Waals surface area contributed by atoms with Crippen molar-refractivity contribution in [1.82, 2.24) is 10.6 Å². The average molecular weight is 390 g/mol. The molecular formula is C21H27FN2O4. The molecule has 2 N–H and O–H groups in total. The van der Waals surface area contributed by atoms with Gasteiger partial charge in [-0.15, -0.1) is 0 Å². The van der Waals surface area contributed by atoms with Crippen molar-refractivity contribution in [1.29, 1.82) is 0 Å². The zero-order valence-electron chi connectivity index (χ0n) is 16.1. The third-order valence-corrected chi connectivity index (χ3v) is 5.82. The summed E-state index contributed by atoms with van der Waals surface area (Å²) >= 11 is 0. The van der Waals surface area contributed by atoms with E-state index in [0.29, 0.717) is 18.4 Å². The normalized spacial score (nSPS) is 19.8. The second-order valence-corrected chi connectivity index (χ2v) is 7.76. The fraction of sp³-hybridized carbons (Fsp3) is 0.571. The lowest BCUT2D eigenvalue weighted by atomic mass is 9.78. The minimum Gasteiger partial charge on any atom is -0.452 e. The summed E-state index contributed by atoms with van der Waals surface area (Å²) in [6.07, 6.45) is 5.30. The van der Waals surface area contributed by atoms with Crippen LogP contribution in [0.1, 0.15) is 63.9 Å². The number of nitrogens with one attached hydrogen (secondary N) is 2. The summed E-state index contributed by atoms with van der Waals surface area (Å²) in [5.74, 6) is -1.76. The van der Waals surface area contributed by atoms with Crippen molar-refractivity contribution >= 4 is 17.9 Å². The van der Waals surface area contributed by atoms with E-state index in [9.17, 15) is 18.8 Å². The molecule has 1 aromatic carbocycles. The van der Waals surface area contributed by atoms with E-state index in [-0.39, 0.29) is 6.04 Å². The second-order valence-electron chi connectivity index (χ2n) is 7.76. The molecular weight excluding hydrogens is 363 g/mol. The van der Waals surface area contributed by atoms with Gasteiger partial charge in [-0.05, 0) is 38.7 Å². The number of hydrogen-bond donors (Lipinski definition) is 2. The number of halogens is 1. The lowest BCUT2D eigenvalue weighted by Crippen LogP contribution is -2.48. The Morgan fingerprint density at radius 3 is 2.39 bits per heavy atom. The first-order chi connectivity index (χ1) is 13.4. The summed E-state index contributed by atoms with van der Waals surface area (Å²) in [6, 6.07) is 5.69. The Morgan fingerprint density at radius 1 is 1.11 bits per heavy atom. The third-order valence-electron chi connectivity index (χ3n) is 5.82. The minimum atomic E-state index is -1.15. The van der Waals surface area contributed by atoms with E-state index in [2.05, 4.69) is 10.6 Å². The lowest BCUT2D eigenvalue weighted by molar-refractivity contribution is -0.160. The van der Waals surface area contributed by atoms with E-state index in [0.717, 1.165) is 38.5 Å². The molecule has 0 heterocycles. The molecule has 2 aliphatic carbocycles. The maximum Gasteiger partial charge on any atom is 0.321 e. The van der Waals surface area contributed by atoms with Gasteiger partial charge in [0.25, 0.3) is 5.91 Å². The van der Waals surface area contributed by atoms with E-state index in [4.69, 9.17) is 4.74 Å². The molecule has 0 spiro atoms. The molecule has 2 saturated carbocycles. The van der Waals surface area contributed by atoms with E-state index < -0.39 is 35.2 Å². The molecule has 152 valence electrons. The Hall–Kier alpha value is -2.44. The Bertz CT molecular complexity index is 740. The molecule has 28 heavy (non-hydrogen) atoms. The third kappa shape index (κ3) is 4.34. The molecule has 3 amide bonds. The zero-order valence-corrected chi connectivity index (χ0v) is 16.1. The Morgan fingerprint density at radius 2 is 1.75 bits per heavy atom. The van der Waals surface area contributed by atoms with Crippen LogP contribution in [0.5, 0.6) is 0 Å². The number of hydrogen-bond acceptors (Lipinski definition) is 4. The highest BCUT2D eigenvalue weighted by molar-refractivity contribution is 5.97. The first-order valence-electron chi connectivity index (χ1n) is 10.00. The second kappa shape index (κ2) is 8.71. The van der Waals surface area contributed by atoms with Crippen LogP contribution in [-0.2, 0) is 19.7 Å². The van der Waals surface area contributed by atoms with Gasteiger partial charge in [-0.3, -0.25) is 14.9 Å². The standard InChI is InChI=1S/C21H27FN2O4/c1-14(18(25)24-20(27)23-15-8-2-3-9-15)28-19(26)21(12-6-7-13-21)16-10-4-5-11-17(16)22/h4-5,10-11,14-15H,2-3,6-9,12-13H2,1H3,(H2,23,24,25,27)/t14-/m0/s1. The molecule has 0 unspecified atom stereocenters. The van der Waals surface area contributed by atoms with Crippen molar-refractivity contribution < 1.29 is 23.5 Å². The van der Waals surface area contributed by atoms with Gasteiger partial charge in [0.15, 0.2) is 6.10 Å². The predicted octanol–water partition coefficient (Wildman–Crippen LogP) is 3.34. The van der Waals surface area contributed by atoms with Crippen molar-refractivity contribution in [3.05, 3.63) is 35.6 Å². The minimum absolute atomic E-state index is 0.0773. The van der Waals surface area contributed by atoms with Gasteiger partial charge in [0.1, 0.15) is 5.82 Å². The highest BCUT2D eigenvalue weighted by Crippen LogP contribution is 2.43. The quantitative estimate of drug-likeness (QED) is 0.756. The molecule has 0 bridgehead atoms. The molecule has 0 saturated heterocycles. The highest BCUT2D eigenvalue weighted by atomic mass is 19.1. The van der Waals surface area contributed by atoms with E-state index in [1.807, 2.05) is 0 Å². The summed E-state index contributed by atoms with van der Waals surface area (Å²) in [5.41, 5.74) is -0.768. The lowest BCUT2D eigenvalue weighted by Gasteiger charge is -2.29. The first kappa shape index (κ1) is 20.3. The molecule has 2 fully saturated rings. The van der Waals surface area contributed by atoms with E-state index in [1.165, 1.54) is 13.0 Å². The van der Waals surface area contributed by atoms with Crippen LogP contribution in [0.15, 0.2) is 24.3 Å². The highest BCUT2D eigenvalue weighted by Gasteiger charge is 2.46. The Kier molecular flexibility index (Phi) is 6.31. The largest absolute Gasteiger partial charge is 0.452 e. The molecule has 3 rings (SSSR count). The maximum atomic E-state index is 14.4. The molecule has 2 aliphatic rings. The molecule has 1 atom stereocenters. The van der Waals surface area contributed by atoms with Crippen LogP contribution in [0.3, 0.4) is 0 Å². The predicted molar refractivity (Wildman–Crippen MR) is 101 cm³/mol. The number of urea groups is 1. The van der Waals surface area contributed by atoms with Crippen LogP contribution in [0.25, 0.3) is 0 Å². The Labute approximate surface area is 164 Å². The molecule has 0 aromatic heterocycles. The van der Waals surface area contributed by atoms with Gasteiger partial charge < -0.3 is 10.1 Å². The van der Waals surface area contributed by atoms with E-state index >= 15 is 0 Å². The van der Waals surface area contributed by atoms with Gasteiger partial charge in [0.2, 0.25) is 0 Å². The van der Waals surface area contributed by atoms with Gasteiger partial charge in [-0.2, -0.15) is 0 Å². The summed E-state index contributed by atoms with van der Waals surface area (Å²) in [6.45, 7) is 1.42. The number of rotatable bonds is 5. The van der Waals surface area contributed by atoms with Crippen molar-refractivity contribution in [2.45, 2.75) is 75.9 Å². The number of benzene rings is 1. The smallest absolute Gasteiger partial charge is 0.321 e. The van der Waals surface area contributed by atoms with Gasteiger partial charge in [-0.1, -0.05) is 43.9 Å².